The molecule has 1 aromatic carbocycles. The second-order valence-electron chi connectivity index (χ2n) is 5.69. The molecule has 30 heavy (non-hydrogen) atoms. The third kappa shape index (κ3) is 14.6. The Morgan fingerprint density at radius 3 is 2.37 bits per heavy atom. The van der Waals surface area contributed by atoms with Crippen molar-refractivity contribution in [3.63, 3.8) is 0 Å². The van der Waals surface area contributed by atoms with Crippen molar-refractivity contribution in [2.45, 2.75) is 18.3 Å². The first kappa shape index (κ1) is 28.7. The van der Waals surface area contributed by atoms with Crippen LogP contribution in [0.2, 0.25) is 0 Å². The van der Waals surface area contributed by atoms with Gasteiger partial charge in [0.2, 0.25) is 0 Å². The second kappa shape index (κ2) is 17.4. The van der Waals surface area contributed by atoms with E-state index < -0.39 is 30.9 Å². The number of aliphatic carboxylic acids is 1. The van der Waals surface area contributed by atoms with Gasteiger partial charge in [-0.3, -0.25) is 0 Å². The first-order chi connectivity index (χ1) is 13.9. The van der Waals surface area contributed by atoms with Crippen LogP contribution in [0.1, 0.15) is 0 Å². The predicted molar refractivity (Wildman–Crippen MR) is 109 cm³/mol. The molecule has 0 spiro atoms. The Hall–Kier alpha value is -1.32. The molecule has 0 saturated carbocycles. The predicted octanol–water partition coefficient (Wildman–Crippen LogP) is 0.680. The van der Waals surface area contributed by atoms with Gasteiger partial charge >= 0.3 is 5.97 Å². The summed E-state index contributed by atoms with van der Waals surface area (Å²) in [4.78, 5) is 10.3. The van der Waals surface area contributed by atoms with Gasteiger partial charge in [-0.15, -0.1) is 0 Å². The number of aliphatic hydroxyl groups is 3. The summed E-state index contributed by atoms with van der Waals surface area (Å²) in [6, 6.07) is 5.44. The van der Waals surface area contributed by atoms with Crippen molar-refractivity contribution in [2.24, 2.45) is 0 Å². The molecule has 0 aliphatic carbocycles. The number of carboxylic acid groups (broad SMARTS) is 1. The maximum atomic E-state index is 12.8. The zero-order valence-electron chi connectivity index (χ0n) is 16.5. The van der Waals surface area contributed by atoms with E-state index in [9.17, 15) is 24.5 Å². The molecule has 9 heteroatoms. The molecule has 3 atom stereocenters. The molecule has 1 aromatic rings. The quantitative estimate of drug-likeness (QED) is 0.225. The smallest absolute Gasteiger partial charge is 0.329 e. The Morgan fingerprint density at radius 1 is 1.03 bits per heavy atom. The Labute approximate surface area is 216 Å². The molecule has 0 amide bonds. The molecule has 0 bridgehead atoms. The molecule has 1 rings (SSSR count). The minimum atomic E-state index is -1.24. The van der Waals surface area contributed by atoms with Crippen LogP contribution in [0.3, 0.4) is 0 Å². The van der Waals surface area contributed by atoms with Crippen molar-refractivity contribution < 1.29 is 39.1 Å². The summed E-state index contributed by atoms with van der Waals surface area (Å²) in [5, 5.41) is 37.3. The van der Waals surface area contributed by atoms with Gasteiger partial charge in [-0.2, -0.15) is 0 Å². The third-order valence-electron chi connectivity index (χ3n) is 3.23. The van der Waals surface area contributed by atoms with Gasteiger partial charge in [-0.1, -0.05) is 30.1 Å². The van der Waals surface area contributed by atoms with Gasteiger partial charge in [0.05, 0.1) is 6.61 Å². The van der Waals surface area contributed by atoms with Crippen LogP contribution < -0.4 is 4.74 Å². The van der Waals surface area contributed by atoms with Crippen LogP contribution in [-0.2, 0) is 9.53 Å². The number of halogens is 1. The number of carboxylic acids is 1. The van der Waals surface area contributed by atoms with Crippen LogP contribution in [0.4, 0.5) is 4.39 Å². The number of aliphatic hydroxyl groups excluding tert-OH is 3. The van der Waals surface area contributed by atoms with E-state index in [4.69, 9.17) is 9.84 Å². The molecule has 0 aliphatic heterocycles. The summed E-state index contributed by atoms with van der Waals surface area (Å²) in [6.07, 6.45) is 5.35. The zero-order valence-corrected chi connectivity index (χ0v) is 19.6. The summed E-state index contributed by atoms with van der Waals surface area (Å²) in [6.45, 7) is -0.859. The first-order valence-electron chi connectivity index (χ1n) is 8.61. The average molecular weight is 446 g/mol. The van der Waals surface area contributed by atoms with Crippen LogP contribution in [0.25, 0.3) is 0 Å². The van der Waals surface area contributed by atoms with Gasteiger partial charge < -0.3 is 29.9 Å². The van der Waals surface area contributed by atoms with Crippen LogP contribution in [0.5, 0.6) is 5.75 Å². The Morgan fingerprint density at radius 2 is 1.70 bits per heavy atom. The molecular weight excluding hydrogens is 422 g/mol. The van der Waals surface area contributed by atoms with Crippen molar-refractivity contribution in [1.82, 2.24) is 0 Å². The minimum absolute atomic E-state index is 0. The molecule has 0 aromatic heterocycles. The van der Waals surface area contributed by atoms with Crippen molar-refractivity contribution >= 4 is 57.4 Å². The van der Waals surface area contributed by atoms with E-state index in [2.05, 4.69) is 16.6 Å². The van der Waals surface area contributed by atoms with Crippen LogP contribution in [0, 0.1) is 17.7 Å². The molecule has 7 nitrogen and oxygen atoms in total. The Balaban J connectivity index is 0.00000841. The number of benzene rings is 1. The van der Waals surface area contributed by atoms with Crippen molar-refractivity contribution in [1.29, 1.82) is 0 Å². The number of hydrogen-bond acceptors (Lipinski definition) is 6. The summed E-state index contributed by atoms with van der Waals surface area (Å²) in [7, 11) is 0. The van der Waals surface area contributed by atoms with Gasteiger partial charge in [0.1, 0.15) is 43.1 Å². The summed E-state index contributed by atoms with van der Waals surface area (Å²) in [5.41, 5.74) is 0. The van der Waals surface area contributed by atoms with Crippen molar-refractivity contribution in [3.05, 3.63) is 66.5 Å². The topological polar surface area (TPSA) is 116 Å². The fourth-order valence-electron chi connectivity index (χ4n) is 1.80. The maximum absolute atomic E-state index is 12.8. The monoisotopic (exact) mass is 445 g/mol. The van der Waals surface area contributed by atoms with Gasteiger partial charge in [-0.25, -0.2) is 9.18 Å². The summed E-state index contributed by atoms with van der Waals surface area (Å²) in [5.74, 6) is 4.26. The number of ether oxygens (including phenoxy) is 2. The van der Waals surface area contributed by atoms with Crippen LogP contribution in [0.15, 0.2) is 60.7 Å². The van der Waals surface area contributed by atoms with Gasteiger partial charge in [0.15, 0.2) is 0 Å². The SMILES string of the molecule is O=C(O)COC[C@H](O)[C@@H](O)/C=C/C=C/C#C/C=C/[C@@H](O)COc1ccc(F)cc1.[K]. The van der Waals surface area contributed by atoms with E-state index in [-0.39, 0.29) is 70.4 Å². The number of hydrogen-bond donors (Lipinski definition) is 4. The largest absolute Gasteiger partial charge is 0.491 e. The Bertz CT molecular complexity index is 766. The molecule has 157 valence electrons. The molecule has 0 fully saturated rings. The van der Waals surface area contributed by atoms with Gasteiger partial charge in [0, 0.05) is 51.4 Å². The molecule has 0 saturated heterocycles. The average Bonchev–Trinajstić information content (AvgIpc) is 2.69. The fraction of sp³-hybridized carbons (Fsp3) is 0.286. The zero-order chi connectivity index (χ0) is 21.5. The molecular formula is C21H23FKO7. The molecule has 4 N–H and O–H groups in total. The van der Waals surface area contributed by atoms with E-state index in [1.807, 2.05) is 0 Å². The van der Waals surface area contributed by atoms with E-state index in [0.29, 0.717) is 5.75 Å². The van der Waals surface area contributed by atoms with Crippen molar-refractivity contribution in [3.8, 4) is 17.6 Å². The number of rotatable bonds is 11. The van der Waals surface area contributed by atoms with Crippen LogP contribution in [-0.4, -0.2) is 116 Å². The summed E-state index contributed by atoms with van der Waals surface area (Å²) >= 11 is 0. The number of carbonyl (C=O) groups is 1. The fourth-order valence-corrected chi connectivity index (χ4v) is 1.80. The summed E-state index contributed by atoms with van der Waals surface area (Å²) < 4.78 is 22.7. The first-order valence-corrected chi connectivity index (χ1v) is 8.61. The van der Waals surface area contributed by atoms with E-state index in [1.54, 1.807) is 0 Å². The van der Waals surface area contributed by atoms with Gasteiger partial charge in [-0.05, 0) is 42.5 Å². The van der Waals surface area contributed by atoms with Crippen LogP contribution >= 0.6 is 0 Å². The molecule has 0 heterocycles. The van der Waals surface area contributed by atoms with E-state index in [1.165, 1.54) is 60.7 Å². The normalized spacial score (nSPS) is 14.1. The molecule has 1 radical (unpaired) electrons. The van der Waals surface area contributed by atoms with E-state index >= 15 is 0 Å². The maximum Gasteiger partial charge on any atom is 0.329 e. The van der Waals surface area contributed by atoms with E-state index in [0.717, 1.165) is 0 Å². The Kier molecular flexibility index (Phi) is 16.6. The van der Waals surface area contributed by atoms with Gasteiger partial charge in [0.25, 0.3) is 0 Å². The number of allylic oxidation sites excluding steroid dienone is 4. The molecule has 0 unspecified atom stereocenters. The standard InChI is InChI=1S/C21H23FO7.K/c22-16-9-11-18(12-10-16)29-13-17(23)7-5-3-1-2-4-6-8-19(24)20(25)14-28-15-21(26)27;/h2,4-12,17,19-20,23-25H,13-15H2,(H,26,27);/b4-2+,7-5+,8-6+;/t17-,19+,20+;/m1./s1. The molecule has 0 aliphatic rings. The third-order valence-corrected chi connectivity index (χ3v) is 3.23. The minimum Gasteiger partial charge on any atom is -0.491 e. The van der Waals surface area contributed by atoms with Crippen molar-refractivity contribution in [2.75, 3.05) is 19.8 Å². The second-order valence-corrected chi connectivity index (χ2v) is 5.69.